The molecule has 1 aromatic carbocycles. The van der Waals surface area contributed by atoms with Gasteiger partial charge < -0.3 is 14.0 Å². The molecule has 0 spiro atoms. The summed E-state index contributed by atoms with van der Waals surface area (Å²) in [6, 6.07) is 6.46. The second kappa shape index (κ2) is 6.08. The van der Waals surface area contributed by atoms with Gasteiger partial charge in [0.05, 0.1) is 25.5 Å². The highest BCUT2D eigenvalue weighted by atomic mass is 16.5. The number of carbonyl (C=O) groups is 2. The van der Waals surface area contributed by atoms with E-state index in [9.17, 15) is 14.4 Å². The smallest absolute Gasteiger partial charge is 0.372 e. The molecule has 110 valence electrons. The van der Waals surface area contributed by atoms with Crippen molar-refractivity contribution in [2.24, 2.45) is 0 Å². The molecule has 0 amide bonds. The van der Waals surface area contributed by atoms with E-state index < -0.39 is 17.5 Å². The molecule has 2 rings (SSSR count). The summed E-state index contributed by atoms with van der Waals surface area (Å²) in [5, 5.41) is 0. The normalized spacial score (nSPS) is 10.2. The summed E-state index contributed by atoms with van der Waals surface area (Å²) in [5.41, 5.74) is -1.06. The predicted octanol–water partition coefficient (Wildman–Crippen LogP) is 1.32. The molecule has 0 fully saturated rings. The number of hydrogen-bond acceptors (Lipinski definition) is 6. The lowest BCUT2D eigenvalue weighted by Crippen LogP contribution is -2.12. The average molecular weight is 291 g/mol. The molecule has 0 saturated carbocycles. The first-order valence-corrected chi connectivity index (χ1v) is 6.16. The van der Waals surface area contributed by atoms with Crippen LogP contribution in [-0.4, -0.2) is 30.3 Å². The van der Waals surface area contributed by atoms with Crippen molar-refractivity contribution in [3.63, 3.8) is 0 Å². The Hall–Kier alpha value is -2.83. The molecule has 2 aromatic rings. The summed E-state index contributed by atoms with van der Waals surface area (Å²) in [6.45, 7) is 1.72. The molecule has 1 aromatic heterocycles. The molecule has 21 heavy (non-hydrogen) atoms. The Labute approximate surface area is 119 Å². The van der Waals surface area contributed by atoms with Crippen LogP contribution in [-0.2, 0) is 4.74 Å². The van der Waals surface area contributed by atoms with Crippen LogP contribution in [0.1, 0.15) is 27.6 Å². The number of methoxy groups -OCH3 is 1. The van der Waals surface area contributed by atoms with E-state index in [1.165, 1.54) is 13.2 Å². The summed E-state index contributed by atoms with van der Waals surface area (Å²) < 4.78 is 15.2. The molecule has 0 bridgehead atoms. The van der Waals surface area contributed by atoms with Crippen molar-refractivity contribution in [1.29, 1.82) is 0 Å². The first kappa shape index (κ1) is 14.6. The Morgan fingerprint density at radius 3 is 2.62 bits per heavy atom. The molecule has 0 aliphatic rings. The number of aromatic nitrogens is 1. The molecular weight excluding hydrogens is 278 g/mol. The van der Waals surface area contributed by atoms with E-state index in [0.29, 0.717) is 10.5 Å². The van der Waals surface area contributed by atoms with Gasteiger partial charge in [-0.15, -0.1) is 4.74 Å². The first-order valence-electron chi connectivity index (χ1n) is 6.16. The number of nitrogens with zero attached hydrogens (tertiary/aromatic N) is 1. The standard InChI is InChI=1S/C14H13NO6/c1-3-20-13(17)10-8-15(21-14(10)18)12(16)9-6-4-5-7-11(9)19-2/h4-8H,3H2,1-2H3. The Bertz CT molecular complexity index is 727. The fraction of sp³-hybridized carbons (Fsp3) is 0.214. The van der Waals surface area contributed by atoms with Gasteiger partial charge in [0, 0.05) is 0 Å². The van der Waals surface area contributed by atoms with Gasteiger partial charge >= 0.3 is 11.6 Å². The maximum atomic E-state index is 12.3. The van der Waals surface area contributed by atoms with E-state index in [1.54, 1.807) is 25.1 Å². The lowest BCUT2D eigenvalue weighted by Gasteiger charge is -2.05. The molecule has 7 heteroatoms. The number of rotatable bonds is 4. The topological polar surface area (TPSA) is 87.7 Å². The van der Waals surface area contributed by atoms with Gasteiger partial charge in [0.1, 0.15) is 5.75 Å². The minimum atomic E-state index is -0.934. The van der Waals surface area contributed by atoms with E-state index in [2.05, 4.69) is 0 Å². The van der Waals surface area contributed by atoms with Crippen LogP contribution in [0.4, 0.5) is 0 Å². The van der Waals surface area contributed by atoms with Crippen molar-refractivity contribution < 1.29 is 23.6 Å². The second-order valence-electron chi connectivity index (χ2n) is 3.97. The summed E-state index contributed by atoms with van der Waals surface area (Å²) in [4.78, 5) is 35.4. The number of esters is 1. The molecule has 0 aliphatic carbocycles. The van der Waals surface area contributed by atoms with Gasteiger partial charge in [-0.1, -0.05) is 12.1 Å². The number of benzene rings is 1. The molecule has 0 aliphatic heterocycles. The third-order valence-corrected chi connectivity index (χ3v) is 2.68. The van der Waals surface area contributed by atoms with Crippen molar-refractivity contribution in [2.75, 3.05) is 13.7 Å². The van der Waals surface area contributed by atoms with Crippen LogP contribution >= 0.6 is 0 Å². The van der Waals surface area contributed by atoms with Crippen LogP contribution in [0.2, 0.25) is 0 Å². The highest BCUT2D eigenvalue weighted by Crippen LogP contribution is 2.18. The Morgan fingerprint density at radius 2 is 1.95 bits per heavy atom. The van der Waals surface area contributed by atoms with Gasteiger partial charge in [0.15, 0.2) is 5.56 Å². The monoisotopic (exact) mass is 291 g/mol. The third kappa shape index (κ3) is 2.86. The Kier molecular flexibility index (Phi) is 4.22. The van der Waals surface area contributed by atoms with Gasteiger partial charge in [0.2, 0.25) is 0 Å². The minimum Gasteiger partial charge on any atom is -0.496 e. The third-order valence-electron chi connectivity index (χ3n) is 2.68. The molecule has 0 N–H and O–H groups in total. The zero-order valence-electron chi connectivity index (χ0n) is 11.5. The Morgan fingerprint density at radius 1 is 1.24 bits per heavy atom. The highest BCUT2D eigenvalue weighted by Gasteiger charge is 2.22. The number of ether oxygens (including phenoxy) is 2. The van der Waals surface area contributed by atoms with E-state index in [0.717, 1.165) is 6.20 Å². The molecule has 0 saturated heterocycles. The first-order chi connectivity index (χ1) is 10.1. The molecular formula is C14H13NO6. The largest absolute Gasteiger partial charge is 0.496 e. The van der Waals surface area contributed by atoms with Crippen LogP contribution in [0.3, 0.4) is 0 Å². The SMILES string of the molecule is CCOC(=O)c1cn(C(=O)c2ccccc2OC)oc1=O. The van der Waals surface area contributed by atoms with Crippen LogP contribution < -0.4 is 10.4 Å². The number of carbonyl (C=O) groups excluding carboxylic acids is 2. The zero-order chi connectivity index (χ0) is 15.4. The molecule has 0 unspecified atom stereocenters. The zero-order valence-corrected chi connectivity index (χ0v) is 11.5. The molecule has 0 radical (unpaired) electrons. The van der Waals surface area contributed by atoms with Crippen molar-refractivity contribution in [1.82, 2.24) is 4.74 Å². The van der Waals surface area contributed by atoms with Gasteiger partial charge in [0.25, 0.3) is 5.91 Å². The maximum Gasteiger partial charge on any atom is 0.372 e. The fourth-order valence-electron chi connectivity index (χ4n) is 1.72. The lowest BCUT2D eigenvalue weighted by atomic mass is 10.2. The summed E-state index contributed by atoms with van der Waals surface area (Å²) in [7, 11) is 1.42. The van der Waals surface area contributed by atoms with Crippen molar-refractivity contribution in [3.8, 4) is 5.75 Å². The second-order valence-corrected chi connectivity index (χ2v) is 3.97. The van der Waals surface area contributed by atoms with Gasteiger partial charge in [-0.25, -0.2) is 9.59 Å². The minimum absolute atomic E-state index is 0.115. The van der Waals surface area contributed by atoms with Crippen LogP contribution in [0.15, 0.2) is 39.8 Å². The lowest BCUT2D eigenvalue weighted by molar-refractivity contribution is 0.0523. The quantitative estimate of drug-likeness (QED) is 0.789. The van der Waals surface area contributed by atoms with Crippen LogP contribution in [0.5, 0.6) is 5.75 Å². The fourth-order valence-corrected chi connectivity index (χ4v) is 1.72. The summed E-state index contributed by atoms with van der Waals surface area (Å²) in [5.74, 6) is -1.13. The Balaban J connectivity index is 2.39. The molecule has 1 heterocycles. The molecule has 7 nitrogen and oxygen atoms in total. The van der Waals surface area contributed by atoms with Crippen molar-refractivity contribution in [3.05, 3.63) is 52.0 Å². The van der Waals surface area contributed by atoms with Gasteiger partial charge in [-0.2, -0.15) is 0 Å². The van der Waals surface area contributed by atoms with E-state index in [1.807, 2.05) is 0 Å². The highest BCUT2D eigenvalue weighted by molar-refractivity contribution is 5.98. The maximum absolute atomic E-state index is 12.3. The summed E-state index contributed by atoms with van der Waals surface area (Å²) >= 11 is 0. The number of para-hydroxylation sites is 1. The van der Waals surface area contributed by atoms with E-state index in [4.69, 9.17) is 14.0 Å². The molecule has 0 atom stereocenters. The van der Waals surface area contributed by atoms with Gasteiger partial charge in [-0.3, -0.25) is 4.79 Å². The summed E-state index contributed by atoms with van der Waals surface area (Å²) in [6.07, 6.45) is 1.01. The van der Waals surface area contributed by atoms with E-state index >= 15 is 0 Å². The van der Waals surface area contributed by atoms with Crippen LogP contribution in [0, 0.1) is 0 Å². The number of hydrogen-bond donors (Lipinski definition) is 0. The average Bonchev–Trinajstić information content (AvgIpc) is 2.88. The predicted molar refractivity (Wildman–Crippen MR) is 71.6 cm³/mol. The van der Waals surface area contributed by atoms with Gasteiger partial charge in [-0.05, 0) is 19.1 Å². The van der Waals surface area contributed by atoms with E-state index in [-0.39, 0.29) is 17.7 Å². The van der Waals surface area contributed by atoms with Crippen molar-refractivity contribution in [2.45, 2.75) is 6.92 Å². The van der Waals surface area contributed by atoms with Crippen LogP contribution in [0.25, 0.3) is 0 Å². The van der Waals surface area contributed by atoms with Crippen molar-refractivity contribution >= 4 is 11.9 Å².